The van der Waals surface area contributed by atoms with E-state index in [4.69, 9.17) is 5.73 Å². The largest absolute Gasteiger partial charge is 0.393 e. The molecule has 0 fully saturated rings. The highest BCUT2D eigenvalue weighted by atomic mass is 19.1. The summed E-state index contributed by atoms with van der Waals surface area (Å²) in [5.41, 5.74) is 4.28. The zero-order valence-electron chi connectivity index (χ0n) is 16.3. The highest BCUT2D eigenvalue weighted by Crippen LogP contribution is 2.30. The van der Waals surface area contributed by atoms with E-state index >= 15 is 0 Å². The molecule has 1 aromatic heterocycles. The predicted molar refractivity (Wildman–Crippen MR) is 108 cm³/mol. The summed E-state index contributed by atoms with van der Waals surface area (Å²) < 4.78 is 30.1. The Morgan fingerprint density at radius 3 is 2.74 bits per heavy atom. The molecule has 0 radical (unpaired) electrons. The molecule has 0 bridgehead atoms. The lowest BCUT2D eigenvalue weighted by molar-refractivity contribution is -0.384. The fraction of sp³-hybridized carbons (Fsp3) is 0.250. The molecular weight excluding hydrogens is 410 g/mol. The molecule has 0 saturated heterocycles. The zero-order valence-corrected chi connectivity index (χ0v) is 16.3. The van der Waals surface area contributed by atoms with E-state index in [1.54, 1.807) is 0 Å². The molecule has 0 unspecified atom stereocenters. The average molecular weight is 428 g/mol. The van der Waals surface area contributed by atoms with Gasteiger partial charge in [-0.1, -0.05) is 6.42 Å². The molecule has 1 amide bonds. The number of nitro groups is 1. The first-order valence-corrected chi connectivity index (χ1v) is 9.62. The minimum atomic E-state index is -1.01. The van der Waals surface area contributed by atoms with E-state index in [2.05, 4.69) is 15.5 Å². The maximum Gasteiger partial charge on any atom is 0.295 e. The number of nitrogen functional groups attached to an aromatic ring is 1. The van der Waals surface area contributed by atoms with Crippen molar-refractivity contribution in [2.75, 3.05) is 11.1 Å². The van der Waals surface area contributed by atoms with Crippen molar-refractivity contribution in [2.45, 2.75) is 32.2 Å². The van der Waals surface area contributed by atoms with Crippen molar-refractivity contribution in [3.05, 3.63) is 63.5 Å². The Kier molecular flexibility index (Phi) is 5.32. The van der Waals surface area contributed by atoms with E-state index in [-0.39, 0.29) is 5.69 Å². The Balaban J connectivity index is 1.67. The molecule has 0 saturated carbocycles. The number of nitrogens with zero attached hydrogens (tertiary/aromatic N) is 4. The van der Waals surface area contributed by atoms with E-state index in [1.165, 1.54) is 18.2 Å². The van der Waals surface area contributed by atoms with Gasteiger partial charge in [0.25, 0.3) is 11.6 Å². The summed E-state index contributed by atoms with van der Waals surface area (Å²) in [6.45, 7) is 0.736. The molecule has 31 heavy (non-hydrogen) atoms. The second kappa shape index (κ2) is 8.09. The summed E-state index contributed by atoms with van der Waals surface area (Å²) >= 11 is 0. The summed E-state index contributed by atoms with van der Waals surface area (Å²) in [4.78, 5) is 22.7. The quantitative estimate of drug-likeness (QED) is 0.370. The number of hydrogen-bond donors (Lipinski definition) is 2. The van der Waals surface area contributed by atoms with Gasteiger partial charge in [-0.3, -0.25) is 14.9 Å². The van der Waals surface area contributed by atoms with Gasteiger partial charge in [-0.05, 0) is 37.1 Å². The second-order valence-corrected chi connectivity index (χ2v) is 7.19. The molecule has 2 heterocycles. The monoisotopic (exact) mass is 428 g/mol. The third kappa shape index (κ3) is 3.93. The van der Waals surface area contributed by atoms with Gasteiger partial charge in [0.1, 0.15) is 23.1 Å². The maximum absolute atomic E-state index is 14.4. The number of anilines is 2. The van der Waals surface area contributed by atoms with Crippen LogP contribution in [0.1, 0.15) is 35.4 Å². The van der Waals surface area contributed by atoms with Crippen LogP contribution in [-0.2, 0) is 13.0 Å². The number of halogens is 2. The number of aromatic nitrogens is 3. The number of aryl methyl sites for hydroxylation is 1. The average Bonchev–Trinajstić information content (AvgIpc) is 2.98. The Labute approximate surface area is 175 Å². The van der Waals surface area contributed by atoms with E-state index in [9.17, 15) is 23.7 Å². The molecule has 11 heteroatoms. The van der Waals surface area contributed by atoms with Gasteiger partial charge in [0.2, 0.25) is 0 Å². The van der Waals surface area contributed by atoms with Gasteiger partial charge in [-0.15, -0.1) is 10.2 Å². The smallest absolute Gasteiger partial charge is 0.295 e. The molecule has 1 aliphatic rings. The Bertz CT molecular complexity index is 1190. The first-order valence-electron chi connectivity index (χ1n) is 9.62. The van der Waals surface area contributed by atoms with E-state index in [0.29, 0.717) is 17.5 Å². The Hall–Kier alpha value is -3.89. The third-order valence-electron chi connectivity index (χ3n) is 5.15. The van der Waals surface area contributed by atoms with Gasteiger partial charge in [0.05, 0.1) is 22.2 Å². The first-order chi connectivity index (χ1) is 14.8. The number of amides is 1. The van der Waals surface area contributed by atoms with E-state index < -0.39 is 39.4 Å². The molecule has 0 spiro atoms. The Morgan fingerprint density at radius 1 is 1.16 bits per heavy atom. The second-order valence-electron chi connectivity index (χ2n) is 7.19. The van der Waals surface area contributed by atoms with Crippen molar-refractivity contribution in [2.24, 2.45) is 0 Å². The van der Waals surface area contributed by atoms with Crippen LogP contribution in [0, 0.1) is 21.7 Å². The van der Waals surface area contributed by atoms with Crippen molar-refractivity contribution in [1.29, 1.82) is 0 Å². The molecule has 3 aromatic rings. The summed E-state index contributed by atoms with van der Waals surface area (Å²) in [6.07, 6.45) is 3.87. The van der Waals surface area contributed by atoms with Crippen LogP contribution < -0.4 is 11.1 Å². The van der Waals surface area contributed by atoms with Gasteiger partial charge < -0.3 is 15.6 Å². The fourth-order valence-corrected chi connectivity index (χ4v) is 3.59. The van der Waals surface area contributed by atoms with Crippen LogP contribution >= 0.6 is 0 Å². The predicted octanol–water partition coefficient (Wildman–Crippen LogP) is 3.69. The molecule has 3 N–H and O–H groups in total. The van der Waals surface area contributed by atoms with Crippen LogP contribution in [0.25, 0.3) is 11.4 Å². The van der Waals surface area contributed by atoms with Crippen molar-refractivity contribution in [3.8, 4) is 11.4 Å². The molecule has 160 valence electrons. The van der Waals surface area contributed by atoms with Crippen molar-refractivity contribution in [1.82, 2.24) is 14.8 Å². The van der Waals surface area contributed by atoms with Crippen molar-refractivity contribution in [3.63, 3.8) is 0 Å². The number of nitro benzene ring substituents is 1. The molecular formula is C20H18F2N6O3. The van der Waals surface area contributed by atoms with Crippen LogP contribution in [-0.4, -0.2) is 25.6 Å². The minimum Gasteiger partial charge on any atom is -0.393 e. The lowest BCUT2D eigenvalue weighted by Gasteiger charge is -2.11. The van der Waals surface area contributed by atoms with Crippen LogP contribution in [0.4, 0.5) is 25.8 Å². The van der Waals surface area contributed by atoms with Crippen LogP contribution in [0.5, 0.6) is 0 Å². The maximum atomic E-state index is 14.4. The third-order valence-corrected chi connectivity index (χ3v) is 5.15. The molecule has 1 aliphatic heterocycles. The van der Waals surface area contributed by atoms with Crippen LogP contribution in [0.3, 0.4) is 0 Å². The number of nitrogens with two attached hydrogens (primary N) is 1. The highest BCUT2D eigenvalue weighted by Gasteiger charge is 2.23. The molecule has 9 nitrogen and oxygen atoms in total. The molecule has 0 aliphatic carbocycles. The Morgan fingerprint density at radius 2 is 1.97 bits per heavy atom. The van der Waals surface area contributed by atoms with Crippen LogP contribution in [0.2, 0.25) is 0 Å². The van der Waals surface area contributed by atoms with Crippen molar-refractivity contribution < 1.29 is 18.5 Å². The standard InChI is InChI=1S/C20H18F2N6O3/c21-12-9-13(18(23)16(10-12)28(30)31)20(29)24-15-8-11(5-6-14(15)22)19-26-25-17-4-2-1-3-7-27(17)19/h5-6,8-10H,1-4,7,23H2,(H,24,29). The van der Waals surface area contributed by atoms with Gasteiger partial charge >= 0.3 is 0 Å². The minimum absolute atomic E-state index is 0.195. The van der Waals surface area contributed by atoms with E-state index in [0.717, 1.165) is 44.1 Å². The van der Waals surface area contributed by atoms with E-state index in [1.807, 2.05) is 4.57 Å². The van der Waals surface area contributed by atoms with Crippen molar-refractivity contribution >= 4 is 23.0 Å². The molecule has 0 atom stereocenters. The van der Waals surface area contributed by atoms with Gasteiger partial charge in [-0.2, -0.15) is 0 Å². The highest BCUT2D eigenvalue weighted by molar-refractivity contribution is 6.09. The molecule has 2 aromatic carbocycles. The molecule has 4 rings (SSSR count). The number of fused-ring (bicyclic) bond motifs is 1. The number of nitrogens with one attached hydrogen (secondary N) is 1. The summed E-state index contributed by atoms with van der Waals surface area (Å²) in [5, 5.41) is 21.8. The number of carbonyl (C=O) groups is 1. The zero-order chi connectivity index (χ0) is 22.1. The van der Waals surface area contributed by atoms with Gasteiger partial charge in [-0.25, -0.2) is 8.78 Å². The topological polar surface area (TPSA) is 129 Å². The lowest BCUT2D eigenvalue weighted by Crippen LogP contribution is -2.16. The van der Waals surface area contributed by atoms with Crippen LogP contribution in [0.15, 0.2) is 30.3 Å². The SMILES string of the molecule is Nc1c(C(=O)Nc2cc(-c3nnc4n3CCCCC4)ccc2F)cc(F)cc1[N+](=O)[O-]. The summed E-state index contributed by atoms with van der Waals surface area (Å²) in [6, 6.07) is 5.46. The lowest BCUT2D eigenvalue weighted by atomic mass is 10.1. The number of carbonyl (C=O) groups excluding carboxylic acids is 1. The van der Waals surface area contributed by atoms with Gasteiger partial charge in [0, 0.05) is 18.5 Å². The van der Waals surface area contributed by atoms with Gasteiger partial charge in [0.15, 0.2) is 5.82 Å². The number of hydrogen-bond acceptors (Lipinski definition) is 6. The number of rotatable bonds is 4. The first kappa shape index (κ1) is 20.4. The fourth-order valence-electron chi connectivity index (χ4n) is 3.59. The normalized spacial score (nSPS) is 13.4. The summed E-state index contributed by atoms with van der Waals surface area (Å²) in [5.74, 6) is -1.32. The number of benzene rings is 2. The summed E-state index contributed by atoms with van der Waals surface area (Å²) in [7, 11) is 0.